The van der Waals surface area contributed by atoms with Crippen LogP contribution < -0.4 is 19.7 Å². The highest BCUT2D eigenvalue weighted by molar-refractivity contribution is 6.05. The third kappa shape index (κ3) is 3.98. The minimum atomic E-state index is -0.655. The van der Waals surface area contributed by atoms with Crippen molar-refractivity contribution in [2.75, 3.05) is 31.0 Å². The number of hydrogen-bond acceptors (Lipinski definition) is 6. The summed E-state index contributed by atoms with van der Waals surface area (Å²) in [6, 6.07) is 9.63. The molecular weight excluding hydrogens is 378 g/mol. The Morgan fingerprint density at radius 2 is 2.00 bits per heavy atom. The van der Waals surface area contributed by atoms with E-state index in [2.05, 4.69) is 5.32 Å². The van der Waals surface area contributed by atoms with Gasteiger partial charge in [-0.2, -0.15) is 0 Å². The fraction of sp³-hybridized carbons (Fsp3) is 0.300. The molecule has 2 aromatic carbocycles. The molecule has 1 aliphatic rings. The van der Waals surface area contributed by atoms with Crippen molar-refractivity contribution >= 4 is 28.9 Å². The van der Waals surface area contributed by atoms with Gasteiger partial charge in [0.15, 0.2) is 0 Å². The quantitative estimate of drug-likeness (QED) is 0.591. The Bertz CT molecular complexity index is 975. The van der Waals surface area contributed by atoms with Gasteiger partial charge in [0.2, 0.25) is 11.8 Å². The van der Waals surface area contributed by atoms with Gasteiger partial charge in [0.25, 0.3) is 5.69 Å². The number of para-hydroxylation sites is 1. The summed E-state index contributed by atoms with van der Waals surface area (Å²) >= 11 is 0. The van der Waals surface area contributed by atoms with Gasteiger partial charge in [-0.25, -0.2) is 0 Å². The molecule has 0 saturated carbocycles. The number of carbonyl (C=O) groups is 2. The lowest BCUT2D eigenvalue weighted by molar-refractivity contribution is -0.384. The number of carbonyl (C=O) groups excluding carboxylic acids is 2. The Kier molecular flexibility index (Phi) is 5.67. The number of hydrogen-bond donors (Lipinski definition) is 1. The highest BCUT2D eigenvalue weighted by Gasteiger charge is 2.37. The first-order valence-corrected chi connectivity index (χ1v) is 8.93. The molecule has 1 heterocycles. The van der Waals surface area contributed by atoms with E-state index in [1.54, 1.807) is 37.3 Å². The first-order chi connectivity index (χ1) is 13.8. The zero-order chi connectivity index (χ0) is 21.1. The minimum absolute atomic E-state index is 0.00806. The molecule has 0 aromatic heterocycles. The van der Waals surface area contributed by atoms with Gasteiger partial charge in [0, 0.05) is 25.1 Å². The number of rotatable bonds is 6. The van der Waals surface area contributed by atoms with Gasteiger partial charge in [0.05, 0.1) is 30.7 Å². The normalized spacial score (nSPS) is 15.9. The summed E-state index contributed by atoms with van der Waals surface area (Å²) in [6.45, 7) is 1.81. The lowest BCUT2D eigenvalue weighted by atomic mass is 10.1. The predicted molar refractivity (Wildman–Crippen MR) is 106 cm³/mol. The van der Waals surface area contributed by atoms with Gasteiger partial charge in [-0.1, -0.05) is 12.1 Å². The number of amides is 2. The molecule has 9 nitrogen and oxygen atoms in total. The van der Waals surface area contributed by atoms with E-state index in [-0.39, 0.29) is 30.2 Å². The summed E-state index contributed by atoms with van der Waals surface area (Å²) in [5.74, 6) is -0.305. The Morgan fingerprint density at radius 3 is 2.66 bits per heavy atom. The van der Waals surface area contributed by atoms with Crippen molar-refractivity contribution in [2.45, 2.75) is 13.3 Å². The van der Waals surface area contributed by atoms with Gasteiger partial charge < -0.3 is 19.7 Å². The lowest BCUT2D eigenvalue weighted by Crippen LogP contribution is -2.28. The average Bonchev–Trinajstić information content (AvgIpc) is 3.10. The van der Waals surface area contributed by atoms with Crippen LogP contribution in [0, 0.1) is 23.0 Å². The average molecular weight is 399 g/mol. The summed E-state index contributed by atoms with van der Waals surface area (Å²) < 4.78 is 10.5. The second-order valence-electron chi connectivity index (χ2n) is 6.66. The van der Waals surface area contributed by atoms with Crippen molar-refractivity contribution in [1.82, 2.24) is 0 Å². The number of anilines is 2. The second-order valence-corrected chi connectivity index (χ2v) is 6.66. The van der Waals surface area contributed by atoms with Crippen LogP contribution in [0.15, 0.2) is 36.4 Å². The van der Waals surface area contributed by atoms with Gasteiger partial charge >= 0.3 is 0 Å². The smallest absolute Gasteiger partial charge is 0.293 e. The molecule has 0 aliphatic carbocycles. The fourth-order valence-corrected chi connectivity index (χ4v) is 3.32. The molecule has 0 spiro atoms. The number of methoxy groups -OCH3 is 2. The van der Waals surface area contributed by atoms with E-state index >= 15 is 0 Å². The molecule has 2 amide bonds. The van der Waals surface area contributed by atoms with Crippen LogP contribution in [0.4, 0.5) is 17.1 Å². The van der Waals surface area contributed by atoms with Crippen molar-refractivity contribution in [3.05, 3.63) is 52.1 Å². The molecular formula is C20H21N3O6. The number of nitrogens with one attached hydrogen (secondary N) is 1. The summed E-state index contributed by atoms with van der Waals surface area (Å²) in [5.41, 5.74) is 1.04. The second kappa shape index (κ2) is 8.17. The molecule has 1 unspecified atom stereocenters. The topological polar surface area (TPSA) is 111 Å². The zero-order valence-electron chi connectivity index (χ0n) is 16.3. The SMILES string of the molecule is COc1ccc(OC)c(N2CC(C(=O)Nc3c(C)cccc3[N+](=O)[O-])CC2=O)c1. The van der Waals surface area contributed by atoms with Gasteiger partial charge in [-0.05, 0) is 24.6 Å². The number of nitro groups is 1. The largest absolute Gasteiger partial charge is 0.497 e. The number of benzene rings is 2. The van der Waals surface area contributed by atoms with Crippen molar-refractivity contribution in [3.8, 4) is 11.5 Å². The van der Waals surface area contributed by atoms with Crippen LogP contribution in [0.3, 0.4) is 0 Å². The molecule has 29 heavy (non-hydrogen) atoms. The van der Waals surface area contributed by atoms with Gasteiger partial charge in [-0.15, -0.1) is 0 Å². The molecule has 1 fully saturated rings. The van der Waals surface area contributed by atoms with Crippen LogP contribution in [0.1, 0.15) is 12.0 Å². The maximum Gasteiger partial charge on any atom is 0.293 e. The maximum atomic E-state index is 12.8. The summed E-state index contributed by atoms with van der Waals surface area (Å²) in [7, 11) is 3.01. The van der Waals surface area contributed by atoms with Crippen LogP contribution in [0.25, 0.3) is 0 Å². The number of ether oxygens (including phenoxy) is 2. The maximum absolute atomic E-state index is 12.8. The summed E-state index contributed by atoms with van der Waals surface area (Å²) in [4.78, 5) is 37.6. The van der Waals surface area contributed by atoms with E-state index in [4.69, 9.17) is 9.47 Å². The Balaban J connectivity index is 1.83. The van der Waals surface area contributed by atoms with E-state index in [0.29, 0.717) is 22.7 Å². The molecule has 1 aliphatic heterocycles. The monoisotopic (exact) mass is 399 g/mol. The number of aryl methyl sites for hydroxylation is 1. The highest BCUT2D eigenvalue weighted by Crippen LogP contribution is 2.36. The molecule has 1 atom stereocenters. The highest BCUT2D eigenvalue weighted by atomic mass is 16.6. The molecule has 2 aromatic rings. The lowest BCUT2D eigenvalue weighted by Gasteiger charge is -2.20. The minimum Gasteiger partial charge on any atom is -0.497 e. The first-order valence-electron chi connectivity index (χ1n) is 8.93. The Morgan fingerprint density at radius 1 is 1.24 bits per heavy atom. The van der Waals surface area contributed by atoms with Crippen LogP contribution in [-0.2, 0) is 9.59 Å². The Hall–Kier alpha value is -3.62. The van der Waals surface area contributed by atoms with E-state index in [9.17, 15) is 19.7 Å². The Labute approximate surface area is 167 Å². The molecule has 0 radical (unpaired) electrons. The van der Waals surface area contributed by atoms with Crippen molar-refractivity contribution in [3.63, 3.8) is 0 Å². The first kappa shape index (κ1) is 20.1. The predicted octanol–water partition coefficient (Wildman–Crippen LogP) is 2.91. The van der Waals surface area contributed by atoms with Gasteiger partial charge in [0.1, 0.15) is 17.2 Å². The van der Waals surface area contributed by atoms with Crippen molar-refractivity contribution in [1.29, 1.82) is 0 Å². The summed E-state index contributed by atoms with van der Waals surface area (Å²) in [5, 5.41) is 13.9. The summed E-state index contributed by atoms with van der Waals surface area (Å²) in [6.07, 6.45) is -0.00806. The van der Waals surface area contributed by atoms with Crippen LogP contribution >= 0.6 is 0 Å². The van der Waals surface area contributed by atoms with Crippen LogP contribution in [0.5, 0.6) is 11.5 Å². The third-order valence-electron chi connectivity index (χ3n) is 4.87. The van der Waals surface area contributed by atoms with Crippen LogP contribution in [-0.4, -0.2) is 37.5 Å². The van der Waals surface area contributed by atoms with Crippen molar-refractivity contribution in [2.24, 2.45) is 5.92 Å². The van der Waals surface area contributed by atoms with Crippen molar-refractivity contribution < 1.29 is 24.0 Å². The molecule has 1 saturated heterocycles. The number of nitrogens with zero attached hydrogens (tertiary/aromatic N) is 2. The molecule has 3 rings (SSSR count). The molecule has 1 N–H and O–H groups in total. The molecule has 9 heteroatoms. The van der Waals surface area contributed by atoms with E-state index in [0.717, 1.165) is 0 Å². The fourth-order valence-electron chi connectivity index (χ4n) is 3.32. The zero-order valence-corrected chi connectivity index (χ0v) is 16.3. The van der Waals surface area contributed by atoms with E-state index < -0.39 is 16.7 Å². The molecule has 152 valence electrons. The number of nitro benzene ring substituents is 1. The standard InChI is InChI=1S/C20H21N3O6/c1-12-5-4-6-15(23(26)27)19(12)21-20(25)13-9-18(24)22(11-13)16-10-14(28-2)7-8-17(16)29-3/h4-8,10,13H,9,11H2,1-3H3,(H,21,25). The molecule has 0 bridgehead atoms. The third-order valence-corrected chi connectivity index (χ3v) is 4.87. The van der Waals surface area contributed by atoms with Crippen LogP contribution in [0.2, 0.25) is 0 Å². The van der Waals surface area contributed by atoms with E-state index in [1.807, 2.05) is 0 Å². The van der Waals surface area contributed by atoms with Gasteiger partial charge in [-0.3, -0.25) is 19.7 Å². The van der Waals surface area contributed by atoms with E-state index in [1.165, 1.54) is 25.2 Å².